The molecule has 0 bridgehead atoms. The van der Waals surface area contributed by atoms with Crippen molar-refractivity contribution in [3.63, 3.8) is 0 Å². The summed E-state index contributed by atoms with van der Waals surface area (Å²) in [6.45, 7) is 6.16. The molecular formula is C15H20N2O3S. The second-order valence-corrected chi connectivity index (χ2v) is 7.01. The lowest BCUT2D eigenvalue weighted by Gasteiger charge is -2.23. The summed E-state index contributed by atoms with van der Waals surface area (Å²) in [6, 6.07) is 6.06. The van der Waals surface area contributed by atoms with Crippen LogP contribution in [0.4, 0.5) is 0 Å². The van der Waals surface area contributed by atoms with Crippen molar-refractivity contribution in [2.45, 2.75) is 30.7 Å². The van der Waals surface area contributed by atoms with Gasteiger partial charge in [-0.1, -0.05) is 23.8 Å². The quantitative estimate of drug-likeness (QED) is 0.837. The molecule has 1 atom stereocenters. The van der Waals surface area contributed by atoms with Crippen molar-refractivity contribution in [2.24, 2.45) is 0 Å². The van der Waals surface area contributed by atoms with Gasteiger partial charge in [0.1, 0.15) is 6.04 Å². The molecule has 21 heavy (non-hydrogen) atoms. The number of nitrogens with zero attached hydrogens (tertiary/aromatic N) is 1. The number of benzene rings is 1. The van der Waals surface area contributed by atoms with Gasteiger partial charge in [-0.25, -0.2) is 8.42 Å². The van der Waals surface area contributed by atoms with E-state index in [-0.39, 0.29) is 10.8 Å². The van der Waals surface area contributed by atoms with Crippen LogP contribution in [0.25, 0.3) is 0 Å². The maximum absolute atomic E-state index is 12.7. The van der Waals surface area contributed by atoms with Gasteiger partial charge in [0.2, 0.25) is 15.9 Å². The SMILES string of the molecule is C=CCNC(=O)C1CCCN1S(=O)(=O)c1ccc(C)cc1. The molecule has 1 amide bonds. The number of aryl methyl sites for hydroxylation is 1. The van der Waals surface area contributed by atoms with Crippen LogP contribution in [-0.4, -0.2) is 37.8 Å². The number of carbonyl (C=O) groups excluding carboxylic acids is 1. The van der Waals surface area contributed by atoms with E-state index < -0.39 is 16.1 Å². The molecule has 1 N–H and O–H groups in total. The predicted molar refractivity (Wildman–Crippen MR) is 81.3 cm³/mol. The first kappa shape index (κ1) is 15.7. The van der Waals surface area contributed by atoms with Crippen LogP contribution in [0.5, 0.6) is 0 Å². The Morgan fingerprint density at radius 1 is 1.43 bits per heavy atom. The standard InChI is InChI=1S/C15H20N2O3S/c1-3-10-16-15(18)14-5-4-11-17(14)21(19,20)13-8-6-12(2)7-9-13/h3,6-9,14H,1,4-5,10-11H2,2H3,(H,16,18). The molecule has 1 fully saturated rings. The van der Waals surface area contributed by atoms with E-state index in [1.54, 1.807) is 30.3 Å². The molecule has 1 saturated heterocycles. The van der Waals surface area contributed by atoms with Gasteiger partial charge in [0, 0.05) is 13.1 Å². The van der Waals surface area contributed by atoms with E-state index >= 15 is 0 Å². The Labute approximate surface area is 125 Å². The predicted octanol–water partition coefficient (Wildman–Crippen LogP) is 1.45. The lowest BCUT2D eigenvalue weighted by Crippen LogP contribution is -2.45. The van der Waals surface area contributed by atoms with Crippen molar-refractivity contribution in [2.75, 3.05) is 13.1 Å². The molecule has 1 aromatic carbocycles. The van der Waals surface area contributed by atoms with Gasteiger partial charge in [0.05, 0.1) is 4.90 Å². The van der Waals surface area contributed by atoms with E-state index in [2.05, 4.69) is 11.9 Å². The minimum atomic E-state index is -3.63. The molecule has 5 nitrogen and oxygen atoms in total. The summed E-state index contributed by atoms with van der Waals surface area (Å²) >= 11 is 0. The lowest BCUT2D eigenvalue weighted by atomic mass is 10.2. The van der Waals surface area contributed by atoms with Crippen molar-refractivity contribution < 1.29 is 13.2 Å². The zero-order chi connectivity index (χ0) is 15.5. The van der Waals surface area contributed by atoms with Crippen LogP contribution in [0, 0.1) is 6.92 Å². The summed E-state index contributed by atoms with van der Waals surface area (Å²) in [6.07, 6.45) is 2.82. The number of rotatable bonds is 5. The van der Waals surface area contributed by atoms with E-state index in [0.29, 0.717) is 25.9 Å². The van der Waals surface area contributed by atoms with Gasteiger partial charge >= 0.3 is 0 Å². The van der Waals surface area contributed by atoms with Crippen LogP contribution in [0.2, 0.25) is 0 Å². The molecule has 1 unspecified atom stereocenters. The summed E-state index contributed by atoms with van der Waals surface area (Å²) in [5.41, 5.74) is 0.996. The fourth-order valence-corrected chi connectivity index (χ4v) is 4.08. The van der Waals surface area contributed by atoms with Gasteiger partial charge in [-0.15, -0.1) is 6.58 Å². The van der Waals surface area contributed by atoms with Crippen LogP contribution in [0.15, 0.2) is 41.8 Å². The van der Waals surface area contributed by atoms with Crippen LogP contribution in [-0.2, 0) is 14.8 Å². The third-order valence-electron chi connectivity index (χ3n) is 3.55. The molecule has 0 aromatic heterocycles. The Morgan fingerprint density at radius 2 is 2.10 bits per heavy atom. The summed E-state index contributed by atoms with van der Waals surface area (Å²) in [5, 5.41) is 2.67. The molecule has 0 spiro atoms. The highest BCUT2D eigenvalue weighted by Crippen LogP contribution is 2.26. The molecule has 1 aliphatic heterocycles. The maximum Gasteiger partial charge on any atom is 0.243 e. The first-order chi connectivity index (χ1) is 9.96. The minimum absolute atomic E-state index is 0.233. The fourth-order valence-electron chi connectivity index (χ4n) is 2.43. The third-order valence-corrected chi connectivity index (χ3v) is 5.48. The Bertz CT molecular complexity index is 623. The molecule has 1 aromatic rings. The highest BCUT2D eigenvalue weighted by Gasteiger charge is 2.39. The number of hydrogen-bond acceptors (Lipinski definition) is 3. The Balaban J connectivity index is 2.24. The second-order valence-electron chi connectivity index (χ2n) is 5.12. The first-order valence-electron chi connectivity index (χ1n) is 6.94. The van der Waals surface area contributed by atoms with Gasteiger partial charge in [0.25, 0.3) is 0 Å². The van der Waals surface area contributed by atoms with Crippen molar-refractivity contribution in [3.8, 4) is 0 Å². The highest BCUT2D eigenvalue weighted by atomic mass is 32.2. The van der Waals surface area contributed by atoms with Crippen molar-refractivity contribution in [3.05, 3.63) is 42.5 Å². The Hall–Kier alpha value is -1.66. The molecule has 6 heteroatoms. The average Bonchev–Trinajstić information content (AvgIpc) is 2.95. The van der Waals surface area contributed by atoms with Crippen LogP contribution in [0.3, 0.4) is 0 Å². The molecule has 1 heterocycles. The van der Waals surface area contributed by atoms with Crippen LogP contribution >= 0.6 is 0 Å². The van der Waals surface area contributed by atoms with Gasteiger partial charge in [-0.3, -0.25) is 4.79 Å². The van der Waals surface area contributed by atoms with Crippen molar-refractivity contribution >= 4 is 15.9 Å². The van der Waals surface area contributed by atoms with Crippen LogP contribution < -0.4 is 5.32 Å². The van der Waals surface area contributed by atoms with Gasteiger partial charge < -0.3 is 5.32 Å². The van der Waals surface area contributed by atoms with E-state index in [1.165, 1.54) is 4.31 Å². The van der Waals surface area contributed by atoms with Crippen molar-refractivity contribution in [1.29, 1.82) is 0 Å². The Kier molecular flexibility index (Phi) is 4.80. The topological polar surface area (TPSA) is 66.5 Å². The molecule has 114 valence electrons. The summed E-state index contributed by atoms with van der Waals surface area (Å²) in [5.74, 6) is -0.261. The largest absolute Gasteiger partial charge is 0.351 e. The number of hydrogen-bond donors (Lipinski definition) is 1. The molecule has 0 radical (unpaired) electrons. The number of sulfonamides is 1. The molecule has 0 aliphatic carbocycles. The van der Waals surface area contributed by atoms with E-state index in [4.69, 9.17) is 0 Å². The van der Waals surface area contributed by atoms with Crippen molar-refractivity contribution in [1.82, 2.24) is 9.62 Å². The first-order valence-corrected chi connectivity index (χ1v) is 8.38. The molecule has 1 aliphatic rings. The summed E-state index contributed by atoms with van der Waals surface area (Å²) in [4.78, 5) is 12.3. The zero-order valence-electron chi connectivity index (χ0n) is 12.1. The smallest absolute Gasteiger partial charge is 0.243 e. The van der Waals surface area contributed by atoms with Gasteiger partial charge in [-0.05, 0) is 31.9 Å². The van der Waals surface area contributed by atoms with Gasteiger partial charge in [-0.2, -0.15) is 4.31 Å². The number of carbonyl (C=O) groups is 1. The molecule has 0 saturated carbocycles. The zero-order valence-corrected chi connectivity index (χ0v) is 12.9. The van der Waals surface area contributed by atoms with E-state index in [1.807, 2.05) is 6.92 Å². The summed E-state index contributed by atoms with van der Waals surface area (Å²) < 4.78 is 26.6. The third kappa shape index (κ3) is 3.33. The normalized spacial score (nSPS) is 19.4. The molecular weight excluding hydrogens is 288 g/mol. The van der Waals surface area contributed by atoms with E-state index in [9.17, 15) is 13.2 Å². The molecule has 2 rings (SSSR count). The Morgan fingerprint density at radius 3 is 2.71 bits per heavy atom. The number of amides is 1. The van der Waals surface area contributed by atoms with E-state index in [0.717, 1.165) is 5.56 Å². The number of nitrogens with one attached hydrogen (secondary N) is 1. The monoisotopic (exact) mass is 308 g/mol. The maximum atomic E-state index is 12.7. The lowest BCUT2D eigenvalue weighted by molar-refractivity contribution is -0.123. The second kappa shape index (κ2) is 6.41. The fraction of sp³-hybridized carbons (Fsp3) is 0.400. The average molecular weight is 308 g/mol. The van der Waals surface area contributed by atoms with Crippen LogP contribution in [0.1, 0.15) is 18.4 Å². The van der Waals surface area contributed by atoms with Gasteiger partial charge in [0.15, 0.2) is 0 Å². The highest BCUT2D eigenvalue weighted by molar-refractivity contribution is 7.89. The minimum Gasteiger partial charge on any atom is -0.351 e. The summed E-state index contributed by atoms with van der Waals surface area (Å²) in [7, 11) is -3.63.